The van der Waals surface area contributed by atoms with E-state index in [4.69, 9.17) is 16.6 Å². The van der Waals surface area contributed by atoms with Gasteiger partial charge in [-0.1, -0.05) is 36.7 Å². The minimum atomic E-state index is -0.580. The Bertz CT molecular complexity index is 1790. The number of carbonyl (C=O) groups is 1. The van der Waals surface area contributed by atoms with Gasteiger partial charge in [0.25, 0.3) is 5.56 Å². The number of carbonyl (C=O) groups excluding carboxylic acids is 1. The number of amides is 1. The van der Waals surface area contributed by atoms with Gasteiger partial charge in [-0.2, -0.15) is 4.98 Å². The van der Waals surface area contributed by atoms with Crippen LogP contribution in [0.4, 0.5) is 16.0 Å². The van der Waals surface area contributed by atoms with E-state index in [1.165, 1.54) is 17.2 Å². The van der Waals surface area contributed by atoms with Crippen LogP contribution in [-0.2, 0) is 4.79 Å². The zero-order chi connectivity index (χ0) is 31.7. The highest BCUT2D eigenvalue weighted by Gasteiger charge is 2.29. The van der Waals surface area contributed by atoms with Crippen LogP contribution in [-0.4, -0.2) is 39.6 Å². The van der Waals surface area contributed by atoms with Crippen LogP contribution in [0.25, 0.3) is 22.2 Å². The van der Waals surface area contributed by atoms with E-state index in [0.717, 1.165) is 44.5 Å². The highest BCUT2D eigenvalue weighted by Crippen LogP contribution is 2.36. The van der Waals surface area contributed by atoms with Crippen molar-refractivity contribution in [1.29, 1.82) is 0 Å². The van der Waals surface area contributed by atoms with E-state index in [1.54, 1.807) is 22.9 Å². The first kappa shape index (κ1) is 31.2. The number of anilines is 2. The first-order chi connectivity index (χ1) is 21.7. The van der Waals surface area contributed by atoms with Gasteiger partial charge in [-0.15, -0.1) is 0 Å². The first-order valence-corrected chi connectivity index (χ1v) is 16.4. The smallest absolute Gasteiger partial charge is 0.260 e. The predicted molar refractivity (Wildman–Crippen MR) is 178 cm³/mol. The highest BCUT2D eigenvalue weighted by molar-refractivity contribution is 6.33. The molecular weight excluding hydrogens is 591 g/mol. The number of nitrogens with zero attached hydrogens (tertiary/aromatic N) is 3. The van der Waals surface area contributed by atoms with Crippen molar-refractivity contribution in [3.8, 4) is 11.1 Å². The summed E-state index contributed by atoms with van der Waals surface area (Å²) in [4.78, 5) is 36.0. The largest absolute Gasteiger partial charge is 0.353 e. The number of pyridine rings is 1. The fourth-order valence-corrected chi connectivity index (χ4v) is 7.25. The van der Waals surface area contributed by atoms with Gasteiger partial charge in [-0.3, -0.25) is 14.2 Å². The number of aryl methyl sites for hydroxylation is 2. The Morgan fingerprint density at radius 3 is 2.56 bits per heavy atom. The van der Waals surface area contributed by atoms with Crippen LogP contribution >= 0.6 is 11.6 Å². The fraction of sp³-hybridized carbons (Fsp3) is 0.429. The maximum Gasteiger partial charge on any atom is 0.260 e. The number of aromatic nitrogens is 3. The van der Waals surface area contributed by atoms with Gasteiger partial charge >= 0.3 is 0 Å². The van der Waals surface area contributed by atoms with Crippen LogP contribution in [0.15, 0.2) is 47.4 Å². The fourth-order valence-electron chi connectivity index (χ4n) is 7.03. The molecule has 2 aromatic heterocycles. The molecule has 2 aromatic carbocycles. The van der Waals surface area contributed by atoms with Gasteiger partial charge in [0.15, 0.2) is 0 Å². The van der Waals surface area contributed by atoms with Crippen LogP contribution in [0.1, 0.15) is 80.5 Å². The summed E-state index contributed by atoms with van der Waals surface area (Å²) < 4.78 is 16.3. The molecule has 6 rings (SSSR count). The Kier molecular flexibility index (Phi) is 9.19. The first-order valence-electron chi connectivity index (χ1n) is 16.0. The molecule has 1 amide bonds. The van der Waals surface area contributed by atoms with Crippen LogP contribution in [0.3, 0.4) is 0 Å². The SMILES string of the molecule is CCC(=O)N[C@H]1CC[C@@H](n2c(=O)c(-c3cccc(F)c3Cl)c(C)c3cnc(Nc4ccc(C5CCNCC5)c(C)c4)nc32)CC1. The van der Waals surface area contributed by atoms with Crippen LogP contribution in [0.5, 0.6) is 0 Å². The lowest BCUT2D eigenvalue weighted by atomic mass is 9.87. The van der Waals surface area contributed by atoms with Crippen molar-refractivity contribution in [3.05, 3.63) is 80.5 Å². The van der Waals surface area contributed by atoms with Crippen molar-refractivity contribution in [3.63, 3.8) is 0 Å². The van der Waals surface area contributed by atoms with Crippen molar-refractivity contribution in [2.45, 2.75) is 83.7 Å². The van der Waals surface area contributed by atoms with E-state index >= 15 is 0 Å². The van der Waals surface area contributed by atoms with Crippen molar-refractivity contribution in [2.75, 3.05) is 18.4 Å². The van der Waals surface area contributed by atoms with Crippen LogP contribution in [0.2, 0.25) is 5.02 Å². The number of benzene rings is 2. The number of halogens is 2. The van der Waals surface area contributed by atoms with E-state index in [0.29, 0.717) is 58.9 Å². The standard InChI is InChI=1S/C35H40ClFN6O2/c1-4-30(44)40-23-8-11-25(12-9-23)43-33-28(21(3)31(34(43)45)27-6-5-7-29(37)32(27)36)19-39-35(42-33)41-24-10-13-26(20(2)18-24)22-14-16-38-17-15-22/h5-7,10,13,18-19,22-23,25,38H,4,8-9,11-12,14-17H2,1-3H3,(H,40,44)(H,39,41,42)/t23-,25+. The van der Waals surface area contributed by atoms with Crippen molar-refractivity contribution in [2.24, 2.45) is 0 Å². The lowest BCUT2D eigenvalue weighted by Gasteiger charge is -2.31. The lowest BCUT2D eigenvalue weighted by molar-refractivity contribution is -0.121. The Labute approximate surface area is 267 Å². The molecule has 4 aromatic rings. The number of rotatable bonds is 7. The van der Waals surface area contributed by atoms with Gasteiger partial charge in [0, 0.05) is 41.3 Å². The van der Waals surface area contributed by atoms with E-state index < -0.39 is 5.82 Å². The summed E-state index contributed by atoms with van der Waals surface area (Å²) in [6.07, 6.45) is 7.30. The lowest BCUT2D eigenvalue weighted by Crippen LogP contribution is -2.39. The highest BCUT2D eigenvalue weighted by atomic mass is 35.5. The van der Waals surface area contributed by atoms with Crippen molar-refractivity contribution >= 4 is 40.2 Å². The number of piperidine rings is 1. The molecule has 0 atom stereocenters. The third-order valence-corrected chi connectivity index (χ3v) is 9.87. The number of hydrogen-bond donors (Lipinski definition) is 3. The van der Waals surface area contributed by atoms with Gasteiger partial charge in [0.1, 0.15) is 11.5 Å². The molecule has 1 aliphatic heterocycles. The molecule has 0 bridgehead atoms. The van der Waals surface area contributed by atoms with Gasteiger partial charge in [0.05, 0.1) is 10.6 Å². The Morgan fingerprint density at radius 2 is 1.84 bits per heavy atom. The summed E-state index contributed by atoms with van der Waals surface area (Å²) in [6.45, 7) is 7.90. The number of fused-ring (bicyclic) bond motifs is 1. The van der Waals surface area contributed by atoms with Crippen LogP contribution in [0, 0.1) is 19.7 Å². The summed E-state index contributed by atoms with van der Waals surface area (Å²) in [5.74, 6) is 0.399. The minimum absolute atomic E-state index is 0.0295. The molecule has 10 heteroatoms. The van der Waals surface area contributed by atoms with Crippen LogP contribution < -0.4 is 21.5 Å². The quantitative estimate of drug-likeness (QED) is 0.202. The summed E-state index contributed by atoms with van der Waals surface area (Å²) in [5, 5.41) is 10.5. The van der Waals surface area contributed by atoms with Gasteiger partial charge in [-0.25, -0.2) is 9.37 Å². The predicted octanol–water partition coefficient (Wildman–Crippen LogP) is 7.09. The molecule has 1 aliphatic carbocycles. The molecule has 3 heterocycles. The second-order valence-electron chi connectivity index (χ2n) is 12.4. The second kappa shape index (κ2) is 13.3. The third-order valence-electron chi connectivity index (χ3n) is 9.48. The molecule has 1 saturated heterocycles. The Morgan fingerprint density at radius 1 is 1.09 bits per heavy atom. The van der Waals surface area contributed by atoms with E-state index in [2.05, 4.69) is 46.1 Å². The molecule has 236 valence electrons. The zero-order valence-electron chi connectivity index (χ0n) is 26.1. The average molecular weight is 631 g/mol. The zero-order valence-corrected chi connectivity index (χ0v) is 26.8. The van der Waals surface area contributed by atoms with E-state index in [1.807, 2.05) is 13.8 Å². The summed E-state index contributed by atoms with van der Waals surface area (Å²) >= 11 is 6.42. The van der Waals surface area contributed by atoms with Gasteiger partial charge in [-0.05, 0) is 106 Å². The Hall–Kier alpha value is -3.82. The average Bonchev–Trinajstić information content (AvgIpc) is 3.04. The molecule has 1 saturated carbocycles. The maximum absolute atomic E-state index is 14.6. The second-order valence-corrected chi connectivity index (χ2v) is 12.7. The number of nitrogens with one attached hydrogen (secondary N) is 3. The minimum Gasteiger partial charge on any atom is -0.353 e. The molecule has 0 unspecified atom stereocenters. The topological polar surface area (TPSA) is 101 Å². The Balaban J connectivity index is 1.40. The molecule has 0 radical (unpaired) electrons. The van der Waals surface area contributed by atoms with E-state index in [-0.39, 0.29) is 28.6 Å². The van der Waals surface area contributed by atoms with Gasteiger partial charge < -0.3 is 16.0 Å². The normalized spacial score (nSPS) is 19.0. The molecule has 2 fully saturated rings. The monoisotopic (exact) mass is 630 g/mol. The molecule has 3 N–H and O–H groups in total. The molecule has 2 aliphatic rings. The van der Waals surface area contributed by atoms with Gasteiger partial charge in [0.2, 0.25) is 11.9 Å². The number of hydrogen-bond acceptors (Lipinski definition) is 6. The van der Waals surface area contributed by atoms with Crippen molar-refractivity contribution in [1.82, 2.24) is 25.2 Å². The summed E-state index contributed by atoms with van der Waals surface area (Å²) in [6, 6.07) is 10.8. The molecular formula is C35H40ClFN6O2. The van der Waals surface area contributed by atoms with Crippen molar-refractivity contribution < 1.29 is 9.18 Å². The molecule has 45 heavy (non-hydrogen) atoms. The third kappa shape index (κ3) is 6.33. The van der Waals surface area contributed by atoms with E-state index in [9.17, 15) is 14.0 Å². The molecule has 8 nitrogen and oxygen atoms in total. The maximum atomic E-state index is 14.6. The summed E-state index contributed by atoms with van der Waals surface area (Å²) in [5.41, 5.74) is 5.09. The summed E-state index contributed by atoms with van der Waals surface area (Å²) in [7, 11) is 0. The molecule has 0 spiro atoms.